The molecule has 0 radical (unpaired) electrons. The second kappa shape index (κ2) is 12.7. The molecule has 0 spiro atoms. The molecule has 2 saturated heterocycles. The summed E-state index contributed by atoms with van der Waals surface area (Å²) < 4.78 is 5.34. The lowest BCUT2D eigenvalue weighted by Crippen LogP contribution is -2.66. The average molecular weight is 587 g/mol. The molecule has 2 aliphatic rings. The fourth-order valence-corrected chi connectivity index (χ4v) is 5.82. The summed E-state index contributed by atoms with van der Waals surface area (Å²) in [5.74, 6) is 0.0382. The maximum absolute atomic E-state index is 14.2. The lowest BCUT2D eigenvalue weighted by molar-refractivity contribution is -0.157. The van der Waals surface area contributed by atoms with E-state index in [-0.39, 0.29) is 37.4 Å². The van der Waals surface area contributed by atoms with Gasteiger partial charge in [-0.05, 0) is 40.5 Å². The van der Waals surface area contributed by atoms with Crippen LogP contribution in [0.3, 0.4) is 0 Å². The van der Waals surface area contributed by atoms with Crippen LogP contribution < -0.4 is 10.1 Å². The highest BCUT2D eigenvalue weighted by molar-refractivity contribution is 5.92. The predicted molar refractivity (Wildman–Crippen MR) is 162 cm³/mol. The molecule has 0 saturated carbocycles. The highest BCUT2D eigenvalue weighted by Gasteiger charge is 2.52. The number of amides is 5. The van der Waals surface area contributed by atoms with Crippen LogP contribution in [0.5, 0.6) is 5.75 Å². The van der Waals surface area contributed by atoms with Crippen LogP contribution in [0.4, 0.5) is 9.59 Å². The Balaban J connectivity index is 1.47. The predicted octanol–water partition coefficient (Wildman–Crippen LogP) is 3.29. The molecule has 0 bridgehead atoms. The molecular formula is C32H38N6O5. The van der Waals surface area contributed by atoms with E-state index in [9.17, 15) is 19.2 Å². The first-order chi connectivity index (χ1) is 20.7. The van der Waals surface area contributed by atoms with E-state index in [2.05, 4.69) is 5.32 Å². The molecule has 2 heterocycles. The molecule has 0 aliphatic carbocycles. The summed E-state index contributed by atoms with van der Waals surface area (Å²) in [4.78, 5) is 57.4. The lowest BCUT2D eigenvalue weighted by Gasteiger charge is -2.46. The second-order valence-electron chi connectivity index (χ2n) is 11.0. The molecule has 3 aromatic rings. The summed E-state index contributed by atoms with van der Waals surface area (Å²) in [6, 6.07) is 20.0. The number of carbonyl (C=O) groups excluding carboxylic acids is 4. The van der Waals surface area contributed by atoms with Crippen LogP contribution in [0.1, 0.15) is 24.5 Å². The average Bonchev–Trinajstić information content (AvgIpc) is 3.33. The number of rotatable bonds is 8. The van der Waals surface area contributed by atoms with Gasteiger partial charge in [-0.3, -0.25) is 14.6 Å². The molecule has 3 aromatic carbocycles. The molecule has 1 N–H and O–H groups in total. The fourth-order valence-electron chi connectivity index (χ4n) is 5.82. The Bertz CT molecular complexity index is 1500. The minimum absolute atomic E-state index is 0.00337. The first kappa shape index (κ1) is 29.8. The number of fused-ring (bicyclic) bond motifs is 2. The standard InChI is InChI=1S/C32H38N6O5/c1-5-17-36(31(41)33-2)37-21-29(39)38-27(18-22-13-15-25(16-14-22)43-32(42)34(3)4)30(40)35(20-28(37)38)19-24-11-8-10-23-9-6-7-12-26(23)24/h6-16,27-28H,5,17-21H2,1-4H3,(H,33,41)/t27-,28+/m0/s1. The molecule has 2 aliphatic heterocycles. The third-order valence-corrected chi connectivity index (χ3v) is 7.92. The molecule has 2 fully saturated rings. The van der Waals surface area contributed by atoms with Crippen LogP contribution >= 0.6 is 0 Å². The molecule has 0 unspecified atom stereocenters. The molecule has 11 heteroatoms. The maximum atomic E-state index is 14.2. The Hall–Kier alpha value is -4.64. The van der Waals surface area contributed by atoms with Crippen molar-refractivity contribution in [2.45, 2.75) is 38.5 Å². The Morgan fingerprint density at radius 3 is 2.42 bits per heavy atom. The third-order valence-electron chi connectivity index (χ3n) is 7.92. The summed E-state index contributed by atoms with van der Waals surface area (Å²) in [5.41, 5.74) is 1.83. The minimum atomic E-state index is -0.769. The number of urea groups is 1. The van der Waals surface area contributed by atoms with Crippen LogP contribution in [0.15, 0.2) is 66.7 Å². The normalized spacial score (nSPS) is 18.5. The monoisotopic (exact) mass is 586 g/mol. The molecule has 5 rings (SSSR count). The third kappa shape index (κ3) is 6.12. The second-order valence-corrected chi connectivity index (χ2v) is 11.0. The van der Waals surface area contributed by atoms with E-state index in [1.807, 2.05) is 49.4 Å². The number of nitrogens with one attached hydrogen (secondary N) is 1. The van der Waals surface area contributed by atoms with Gasteiger partial charge in [0.25, 0.3) is 0 Å². The number of carbonyl (C=O) groups is 4. The van der Waals surface area contributed by atoms with Crippen LogP contribution in [-0.2, 0) is 22.6 Å². The van der Waals surface area contributed by atoms with Gasteiger partial charge in [0.1, 0.15) is 18.0 Å². The first-order valence-electron chi connectivity index (χ1n) is 14.5. The topological polar surface area (TPSA) is 106 Å². The van der Waals surface area contributed by atoms with E-state index in [0.29, 0.717) is 25.3 Å². The summed E-state index contributed by atoms with van der Waals surface area (Å²) in [6.45, 7) is 3.05. The van der Waals surface area contributed by atoms with Gasteiger partial charge in [-0.25, -0.2) is 9.59 Å². The van der Waals surface area contributed by atoms with Gasteiger partial charge in [0.2, 0.25) is 11.8 Å². The summed E-state index contributed by atoms with van der Waals surface area (Å²) >= 11 is 0. The zero-order chi connectivity index (χ0) is 30.7. The van der Waals surface area contributed by atoms with Gasteiger partial charge in [0.05, 0.1) is 13.1 Å². The van der Waals surface area contributed by atoms with Crippen molar-refractivity contribution in [3.63, 3.8) is 0 Å². The highest BCUT2D eigenvalue weighted by atomic mass is 16.6. The summed E-state index contributed by atoms with van der Waals surface area (Å²) in [7, 11) is 4.78. The van der Waals surface area contributed by atoms with E-state index < -0.39 is 18.3 Å². The van der Waals surface area contributed by atoms with E-state index in [1.54, 1.807) is 65.2 Å². The van der Waals surface area contributed by atoms with Gasteiger partial charge in [-0.15, -0.1) is 0 Å². The van der Waals surface area contributed by atoms with Gasteiger partial charge in [-0.1, -0.05) is 61.5 Å². The molecule has 11 nitrogen and oxygen atoms in total. The molecule has 2 atom stereocenters. The van der Waals surface area contributed by atoms with Crippen molar-refractivity contribution in [1.29, 1.82) is 0 Å². The number of ether oxygens (including phenoxy) is 1. The van der Waals surface area contributed by atoms with Crippen LogP contribution in [0, 0.1) is 0 Å². The molecule has 43 heavy (non-hydrogen) atoms. The van der Waals surface area contributed by atoms with Crippen molar-refractivity contribution < 1.29 is 23.9 Å². The van der Waals surface area contributed by atoms with E-state index in [1.165, 1.54) is 4.90 Å². The van der Waals surface area contributed by atoms with Crippen LogP contribution in [-0.4, -0.2) is 102 Å². The summed E-state index contributed by atoms with van der Waals surface area (Å²) in [6.07, 6.45) is -0.0131. The molecule has 5 amide bonds. The SMILES string of the molecule is CCCN(C(=O)NC)N1CC(=O)N2[C@@H](Cc3ccc(OC(=O)N(C)C)cc3)C(=O)N(Cc3cccc4ccccc34)C[C@@H]21. The number of nitrogens with zero attached hydrogens (tertiary/aromatic N) is 5. The number of benzene rings is 3. The Morgan fingerprint density at radius 2 is 1.72 bits per heavy atom. The van der Waals surface area contributed by atoms with Gasteiger partial charge in [-0.2, -0.15) is 5.01 Å². The Morgan fingerprint density at radius 1 is 1.00 bits per heavy atom. The zero-order valence-corrected chi connectivity index (χ0v) is 25.0. The van der Waals surface area contributed by atoms with Crippen molar-refractivity contribution in [1.82, 2.24) is 30.0 Å². The summed E-state index contributed by atoms with van der Waals surface area (Å²) in [5, 5.41) is 8.22. The number of hydrogen-bond acceptors (Lipinski definition) is 6. The van der Waals surface area contributed by atoms with Crippen molar-refractivity contribution in [2.75, 3.05) is 40.8 Å². The van der Waals surface area contributed by atoms with Gasteiger partial charge < -0.3 is 24.8 Å². The molecular weight excluding hydrogens is 548 g/mol. The van der Waals surface area contributed by atoms with Crippen molar-refractivity contribution in [2.24, 2.45) is 0 Å². The molecule has 0 aromatic heterocycles. The Kier molecular flexibility index (Phi) is 8.81. The van der Waals surface area contributed by atoms with E-state index >= 15 is 0 Å². The van der Waals surface area contributed by atoms with Gasteiger partial charge in [0.15, 0.2) is 0 Å². The largest absolute Gasteiger partial charge is 0.414 e. The van der Waals surface area contributed by atoms with E-state index in [0.717, 1.165) is 21.9 Å². The van der Waals surface area contributed by atoms with Crippen molar-refractivity contribution in [3.8, 4) is 5.75 Å². The lowest BCUT2D eigenvalue weighted by atomic mass is 9.99. The fraction of sp³-hybridized carbons (Fsp3) is 0.375. The number of hydrogen-bond donors (Lipinski definition) is 1. The smallest absolute Gasteiger partial charge is 0.410 e. The first-order valence-corrected chi connectivity index (χ1v) is 14.5. The van der Waals surface area contributed by atoms with Gasteiger partial charge >= 0.3 is 12.1 Å². The van der Waals surface area contributed by atoms with Crippen LogP contribution in [0.2, 0.25) is 0 Å². The number of piperazine rings is 1. The van der Waals surface area contributed by atoms with Crippen molar-refractivity contribution in [3.05, 3.63) is 77.9 Å². The number of hydrazine groups is 1. The van der Waals surface area contributed by atoms with E-state index in [4.69, 9.17) is 4.74 Å². The quantitative estimate of drug-likeness (QED) is 0.434. The van der Waals surface area contributed by atoms with Crippen LogP contribution in [0.25, 0.3) is 10.8 Å². The van der Waals surface area contributed by atoms with Crippen molar-refractivity contribution >= 4 is 34.7 Å². The highest BCUT2D eigenvalue weighted by Crippen LogP contribution is 2.31. The van der Waals surface area contributed by atoms with Gasteiger partial charge in [0, 0.05) is 40.7 Å². The maximum Gasteiger partial charge on any atom is 0.414 e. The minimum Gasteiger partial charge on any atom is -0.410 e. The Labute approximate surface area is 251 Å². The zero-order valence-electron chi connectivity index (χ0n) is 25.0. The molecule has 226 valence electrons.